The zero-order chi connectivity index (χ0) is 26.0. The lowest BCUT2D eigenvalue weighted by atomic mass is 10.1. The van der Waals surface area contributed by atoms with E-state index >= 15 is 0 Å². The Morgan fingerprint density at radius 3 is 2.08 bits per heavy atom. The van der Waals surface area contributed by atoms with Gasteiger partial charge in [-0.05, 0) is 42.5 Å². The largest absolute Gasteiger partial charge is 0.493 e. The fourth-order valence-electron chi connectivity index (χ4n) is 3.93. The van der Waals surface area contributed by atoms with Crippen LogP contribution in [0.5, 0.6) is 23.0 Å². The van der Waals surface area contributed by atoms with Crippen molar-refractivity contribution >= 4 is 28.3 Å². The van der Waals surface area contributed by atoms with E-state index in [0.29, 0.717) is 33.6 Å². The van der Waals surface area contributed by atoms with Crippen molar-refractivity contribution in [1.82, 2.24) is 9.13 Å². The zero-order valence-corrected chi connectivity index (χ0v) is 20.8. The first kappa shape index (κ1) is 24.9. The van der Waals surface area contributed by atoms with E-state index in [2.05, 4.69) is 0 Å². The number of rotatable bonds is 8. The van der Waals surface area contributed by atoms with Gasteiger partial charge in [0.1, 0.15) is 0 Å². The maximum absolute atomic E-state index is 13.7. The number of ether oxygens (including phenoxy) is 4. The number of nitrogens with zero attached hydrogens (tertiary/aromatic N) is 2. The van der Waals surface area contributed by atoms with Gasteiger partial charge in [0, 0.05) is 16.7 Å². The first-order valence-electron chi connectivity index (χ1n) is 10.8. The molecular weight excluding hydrogens is 488 g/mol. The number of ketones is 1. The summed E-state index contributed by atoms with van der Waals surface area (Å²) < 4.78 is 23.5. The molecule has 0 spiro atoms. The molecule has 0 saturated carbocycles. The normalized spacial score (nSPS) is 10.8. The molecule has 0 atom stereocenters. The lowest BCUT2D eigenvalue weighted by Gasteiger charge is -2.16. The average molecular weight is 511 g/mol. The van der Waals surface area contributed by atoms with E-state index in [1.54, 1.807) is 30.3 Å². The summed E-state index contributed by atoms with van der Waals surface area (Å²) in [5.74, 6) is 1.05. The molecule has 0 aliphatic rings. The number of hydrogen-bond acceptors (Lipinski definition) is 7. The molecule has 4 aromatic rings. The van der Waals surface area contributed by atoms with Gasteiger partial charge in [0.25, 0.3) is 5.56 Å². The Morgan fingerprint density at radius 1 is 0.806 bits per heavy atom. The van der Waals surface area contributed by atoms with E-state index in [1.807, 2.05) is 0 Å². The minimum atomic E-state index is -0.712. The van der Waals surface area contributed by atoms with Crippen molar-refractivity contribution in [2.75, 3.05) is 28.4 Å². The molecule has 186 valence electrons. The molecule has 0 unspecified atom stereocenters. The third-order valence-corrected chi connectivity index (χ3v) is 5.96. The Balaban J connectivity index is 1.98. The summed E-state index contributed by atoms with van der Waals surface area (Å²) in [7, 11) is 5.83. The molecule has 0 saturated heterocycles. The molecule has 0 fully saturated rings. The van der Waals surface area contributed by atoms with Crippen LogP contribution in [-0.4, -0.2) is 43.4 Å². The van der Waals surface area contributed by atoms with E-state index < -0.39 is 11.2 Å². The smallest absolute Gasteiger partial charge is 0.336 e. The number of benzene rings is 3. The second-order valence-electron chi connectivity index (χ2n) is 7.71. The molecule has 4 rings (SSSR count). The molecule has 1 aromatic heterocycles. The zero-order valence-electron chi connectivity index (χ0n) is 20.0. The molecule has 0 amide bonds. The number of fused-ring (bicyclic) bond motifs is 1. The Kier molecular flexibility index (Phi) is 7.03. The maximum Gasteiger partial charge on any atom is 0.336 e. The Hall–Kier alpha value is -4.24. The molecule has 1 heterocycles. The second kappa shape index (κ2) is 10.2. The fraction of sp³-hybridized carbons (Fsp3) is 0.192. The highest BCUT2D eigenvalue weighted by molar-refractivity contribution is 6.30. The third kappa shape index (κ3) is 4.40. The molecule has 10 heteroatoms. The first-order chi connectivity index (χ1) is 17.3. The lowest BCUT2D eigenvalue weighted by Crippen LogP contribution is -2.40. The number of halogens is 1. The standard InChI is InChI=1S/C26H23ClN2O7/c1-33-21-9-8-15(10-22(21)34-2)20(30)14-28-19-13-24(36-4)23(35-3)12-18(19)25(31)29(26(28)32)17-7-5-6-16(27)11-17/h5-13H,14H2,1-4H3. The van der Waals surface area contributed by atoms with Crippen molar-refractivity contribution in [3.8, 4) is 28.7 Å². The molecular formula is C26H23ClN2O7. The lowest BCUT2D eigenvalue weighted by molar-refractivity contribution is 0.0971. The van der Waals surface area contributed by atoms with Crippen molar-refractivity contribution in [2.24, 2.45) is 0 Å². The predicted octanol–water partition coefficient (Wildman–Crippen LogP) is 3.72. The SMILES string of the molecule is COc1ccc(C(=O)Cn2c(=O)n(-c3cccc(Cl)c3)c(=O)c3cc(OC)c(OC)cc32)cc1OC. The van der Waals surface area contributed by atoms with Gasteiger partial charge in [0.15, 0.2) is 28.8 Å². The molecule has 3 aromatic carbocycles. The summed E-state index contributed by atoms with van der Waals surface area (Å²) in [6.07, 6.45) is 0. The van der Waals surface area contributed by atoms with E-state index in [4.69, 9.17) is 30.5 Å². The van der Waals surface area contributed by atoms with Crippen LogP contribution in [0.15, 0.2) is 64.2 Å². The van der Waals surface area contributed by atoms with Crippen molar-refractivity contribution in [3.05, 3.63) is 86.0 Å². The molecule has 0 N–H and O–H groups in total. The van der Waals surface area contributed by atoms with Gasteiger partial charge in [0.2, 0.25) is 0 Å². The molecule has 0 radical (unpaired) electrons. The van der Waals surface area contributed by atoms with Crippen molar-refractivity contribution in [2.45, 2.75) is 6.54 Å². The summed E-state index contributed by atoms with van der Waals surface area (Å²) in [5, 5.41) is 0.506. The van der Waals surface area contributed by atoms with Crippen LogP contribution in [0.4, 0.5) is 0 Å². The number of hydrogen-bond donors (Lipinski definition) is 0. The van der Waals surface area contributed by atoms with Crippen LogP contribution >= 0.6 is 11.6 Å². The van der Waals surface area contributed by atoms with Crippen LogP contribution in [0.25, 0.3) is 16.6 Å². The number of aromatic nitrogens is 2. The van der Waals surface area contributed by atoms with E-state index in [-0.39, 0.29) is 28.9 Å². The van der Waals surface area contributed by atoms with E-state index in [0.717, 1.165) is 4.57 Å². The van der Waals surface area contributed by atoms with Crippen LogP contribution in [0.3, 0.4) is 0 Å². The maximum atomic E-state index is 13.7. The van der Waals surface area contributed by atoms with Crippen LogP contribution in [0.2, 0.25) is 5.02 Å². The Labute approximate surface area is 211 Å². The van der Waals surface area contributed by atoms with Gasteiger partial charge in [0.05, 0.1) is 51.6 Å². The summed E-state index contributed by atoms with van der Waals surface area (Å²) in [5.41, 5.74) is -0.520. The first-order valence-corrected chi connectivity index (χ1v) is 11.1. The number of methoxy groups -OCH3 is 4. The predicted molar refractivity (Wildman–Crippen MR) is 136 cm³/mol. The van der Waals surface area contributed by atoms with Gasteiger partial charge in [-0.25, -0.2) is 9.36 Å². The monoisotopic (exact) mass is 510 g/mol. The second-order valence-corrected chi connectivity index (χ2v) is 8.14. The Morgan fingerprint density at radius 2 is 1.44 bits per heavy atom. The number of carbonyl (C=O) groups is 1. The molecule has 0 bridgehead atoms. The quantitative estimate of drug-likeness (QED) is 0.333. The van der Waals surface area contributed by atoms with E-state index in [9.17, 15) is 14.4 Å². The van der Waals surface area contributed by atoms with Gasteiger partial charge in [-0.15, -0.1) is 0 Å². The van der Waals surface area contributed by atoms with Gasteiger partial charge in [-0.1, -0.05) is 17.7 Å². The summed E-state index contributed by atoms with van der Waals surface area (Å²) >= 11 is 6.13. The topological polar surface area (TPSA) is 98.0 Å². The van der Waals surface area contributed by atoms with Crippen LogP contribution in [0, 0.1) is 0 Å². The fourth-order valence-corrected chi connectivity index (χ4v) is 4.12. The van der Waals surface area contributed by atoms with Crippen molar-refractivity contribution < 1.29 is 23.7 Å². The third-order valence-electron chi connectivity index (χ3n) is 5.72. The molecule has 0 aliphatic carbocycles. The summed E-state index contributed by atoms with van der Waals surface area (Å²) in [6.45, 7) is -0.360. The Bertz CT molecular complexity index is 1590. The number of carbonyl (C=O) groups excluding carboxylic acids is 1. The van der Waals surface area contributed by atoms with Crippen molar-refractivity contribution in [3.63, 3.8) is 0 Å². The van der Waals surface area contributed by atoms with Crippen LogP contribution < -0.4 is 30.2 Å². The summed E-state index contributed by atoms with van der Waals surface area (Å²) in [4.78, 5) is 40.5. The van der Waals surface area contributed by atoms with Gasteiger partial charge >= 0.3 is 5.69 Å². The minimum Gasteiger partial charge on any atom is -0.493 e. The van der Waals surface area contributed by atoms with Crippen LogP contribution in [0.1, 0.15) is 10.4 Å². The van der Waals surface area contributed by atoms with E-state index in [1.165, 1.54) is 57.3 Å². The molecule has 0 aliphatic heterocycles. The molecule has 36 heavy (non-hydrogen) atoms. The van der Waals surface area contributed by atoms with Gasteiger partial charge in [-0.2, -0.15) is 0 Å². The highest BCUT2D eigenvalue weighted by atomic mass is 35.5. The van der Waals surface area contributed by atoms with Gasteiger partial charge < -0.3 is 18.9 Å². The number of Topliss-reactive ketones (excluding diaryl/α,β-unsaturated/α-hetero) is 1. The van der Waals surface area contributed by atoms with Crippen LogP contribution in [-0.2, 0) is 6.54 Å². The van der Waals surface area contributed by atoms with Crippen molar-refractivity contribution in [1.29, 1.82) is 0 Å². The summed E-state index contributed by atoms with van der Waals surface area (Å²) in [6, 6.07) is 14.0. The minimum absolute atomic E-state index is 0.160. The van der Waals surface area contributed by atoms with Gasteiger partial charge in [-0.3, -0.25) is 14.2 Å². The highest BCUT2D eigenvalue weighted by Crippen LogP contribution is 2.31. The molecule has 9 nitrogen and oxygen atoms in total. The average Bonchev–Trinajstić information content (AvgIpc) is 2.89. The highest BCUT2D eigenvalue weighted by Gasteiger charge is 2.21.